The normalized spacial score (nSPS) is 21.2. The smallest absolute Gasteiger partial charge is 0.353 e. The number of alkyl halides is 3. The van der Waals surface area contributed by atoms with E-state index in [-0.39, 0.29) is 24.8 Å². The number of hydrogen-bond acceptors (Lipinski definition) is 4. The van der Waals surface area contributed by atoms with Crippen molar-refractivity contribution in [2.75, 3.05) is 6.26 Å². The fraction of sp³-hybridized carbons (Fsp3) is 0.688. The average Bonchev–Trinajstić information content (AvgIpc) is 2.53. The molecule has 1 heterocycles. The number of rotatable bonds is 5. The lowest BCUT2D eigenvalue weighted by molar-refractivity contribution is -0.189. The van der Waals surface area contributed by atoms with E-state index in [0.29, 0.717) is 35.7 Å². The van der Waals surface area contributed by atoms with Crippen molar-refractivity contribution in [1.29, 1.82) is 0 Å². The molecule has 2 atom stereocenters. The minimum atomic E-state index is -4.30. The third-order valence-corrected chi connectivity index (χ3v) is 5.11. The summed E-state index contributed by atoms with van der Waals surface area (Å²) in [6, 6.07) is -0.877. The van der Waals surface area contributed by atoms with Crippen LogP contribution in [0.5, 0.6) is 0 Å². The molecule has 0 spiro atoms. The summed E-state index contributed by atoms with van der Waals surface area (Å²) in [4.78, 5) is 30.9. The first kappa shape index (κ1) is 19.8. The summed E-state index contributed by atoms with van der Waals surface area (Å²) in [7, 11) is 0. The Labute approximate surface area is 148 Å². The second-order valence-electron chi connectivity index (χ2n) is 6.25. The zero-order chi connectivity index (χ0) is 18.6. The van der Waals surface area contributed by atoms with Gasteiger partial charge in [-0.1, -0.05) is 24.6 Å². The van der Waals surface area contributed by atoms with Gasteiger partial charge in [-0.25, -0.2) is 4.98 Å². The molecule has 1 aliphatic rings. The number of amides is 1. The molecule has 0 aliphatic heterocycles. The van der Waals surface area contributed by atoms with Crippen molar-refractivity contribution in [2.45, 2.75) is 62.8 Å². The first-order valence-corrected chi connectivity index (χ1v) is 9.44. The maximum absolute atomic E-state index is 13.1. The van der Waals surface area contributed by atoms with Crippen LogP contribution in [0.15, 0.2) is 9.95 Å². The predicted molar refractivity (Wildman–Crippen MR) is 89.6 cm³/mol. The van der Waals surface area contributed by atoms with Crippen LogP contribution < -0.4 is 10.9 Å². The molecule has 5 nitrogen and oxygen atoms in total. The maximum atomic E-state index is 13.1. The van der Waals surface area contributed by atoms with Gasteiger partial charge in [-0.3, -0.25) is 9.59 Å². The molecular formula is C16H22F3N3O2S. The molecule has 0 bridgehead atoms. The zero-order valence-corrected chi connectivity index (χ0v) is 15.0. The first-order chi connectivity index (χ1) is 11.7. The molecule has 1 saturated carbocycles. The quantitative estimate of drug-likeness (QED) is 0.611. The number of halogens is 3. The molecule has 2 rings (SSSR count). The fourth-order valence-electron chi connectivity index (χ4n) is 3.19. The van der Waals surface area contributed by atoms with Crippen LogP contribution in [0.4, 0.5) is 13.2 Å². The largest absolute Gasteiger partial charge is 0.393 e. The Bertz CT molecular complexity index is 676. The van der Waals surface area contributed by atoms with Gasteiger partial charge >= 0.3 is 6.18 Å². The summed E-state index contributed by atoms with van der Waals surface area (Å²) in [5.74, 6) is -1.95. The van der Waals surface area contributed by atoms with Crippen molar-refractivity contribution < 1.29 is 18.0 Å². The average molecular weight is 377 g/mol. The van der Waals surface area contributed by atoms with Crippen molar-refractivity contribution in [3.8, 4) is 0 Å². The Morgan fingerprint density at radius 2 is 2.04 bits per heavy atom. The highest BCUT2D eigenvalue weighted by molar-refractivity contribution is 7.98. The van der Waals surface area contributed by atoms with Gasteiger partial charge in [-0.15, -0.1) is 0 Å². The zero-order valence-electron chi connectivity index (χ0n) is 14.2. The lowest BCUT2D eigenvalue weighted by atomic mass is 9.84. The van der Waals surface area contributed by atoms with E-state index in [0.717, 1.165) is 0 Å². The van der Waals surface area contributed by atoms with Crippen molar-refractivity contribution in [1.82, 2.24) is 15.3 Å². The molecule has 0 aromatic carbocycles. The molecule has 9 heteroatoms. The number of nitrogens with zero attached hydrogens (tertiary/aromatic N) is 1. The Hall–Kier alpha value is -1.51. The Balaban J connectivity index is 1.98. The van der Waals surface area contributed by atoms with Gasteiger partial charge in [0.2, 0.25) is 5.91 Å². The third kappa shape index (κ3) is 5.23. The van der Waals surface area contributed by atoms with Crippen LogP contribution >= 0.6 is 11.8 Å². The lowest BCUT2D eigenvalue weighted by Crippen LogP contribution is -2.47. The minimum absolute atomic E-state index is 0.0364. The minimum Gasteiger partial charge on any atom is -0.353 e. The van der Waals surface area contributed by atoms with Gasteiger partial charge in [0, 0.05) is 23.7 Å². The topological polar surface area (TPSA) is 74.8 Å². The molecule has 0 radical (unpaired) electrons. The van der Waals surface area contributed by atoms with Crippen LogP contribution in [0, 0.1) is 12.8 Å². The fourth-order valence-corrected chi connectivity index (χ4v) is 3.61. The van der Waals surface area contributed by atoms with Crippen LogP contribution in [0.25, 0.3) is 0 Å². The van der Waals surface area contributed by atoms with Crippen LogP contribution in [0.1, 0.15) is 43.4 Å². The highest BCUT2D eigenvalue weighted by atomic mass is 32.2. The van der Waals surface area contributed by atoms with E-state index in [1.165, 1.54) is 11.8 Å². The third-order valence-electron chi connectivity index (χ3n) is 4.53. The van der Waals surface area contributed by atoms with Gasteiger partial charge in [0.1, 0.15) is 0 Å². The molecule has 2 unspecified atom stereocenters. The van der Waals surface area contributed by atoms with E-state index in [4.69, 9.17) is 0 Å². The van der Waals surface area contributed by atoms with Crippen molar-refractivity contribution >= 4 is 17.7 Å². The van der Waals surface area contributed by atoms with Crippen LogP contribution in [0.3, 0.4) is 0 Å². The van der Waals surface area contributed by atoms with Crippen molar-refractivity contribution in [2.24, 2.45) is 5.92 Å². The summed E-state index contributed by atoms with van der Waals surface area (Å²) in [5, 5.41) is 3.00. The van der Waals surface area contributed by atoms with Crippen molar-refractivity contribution in [3.63, 3.8) is 0 Å². The molecule has 1 aromatic heterocycles. The van der Waals surface area contributed by atoms with Gasteiger partial charge in [0.25, 0.3) is 5.56 Å². The molecule has 1 amide bonds. The molecule has 1 fully saturated rings. The summed E-state index contributed by atoms with van der Waals surface area (Å²) < 4.78 is 39.2. The van der Waals surface area contributed by atoms with Crippen LogP contribution in [-0.4, -0.2) is 34.3 Å². The Morgan fingerprint density at radius 3 is 2.64 bits per heavy atom. The molecule has 1 aromatic rings. The van der Waals surface area contributed by atoms with Crippen molar-refractivity contribution in [3.05, 3.63) is 21.6 Å². The monoisotopic (exact) mass is 377 g/mol. The van der Waals surface area contributed by atoms with Gasteiger partial charge in [0.15, 0.2) is 5.16 Å². The number of aromatic amines is 1. The standard InChI is InChI=1S/C16H22F3N3O2S/c1-9-10(14(24)22-15(20-9)25-2)7-8-13(23)21-12-6-4-3-5-11(12)16(17,18)19/h11-12H,3-8H2,1-2H3,(H,21,23)(H,20,22,24). The van der Waals surface area contributed by atoms with Gasteiger partial charge in [0.05, 0.1) is 5.92 Å². The number of H-pyrrole nitrogens is 1. The highest BCUT2D eigenvalue weighted by Gasteiger charge is 2.45. The molecule has 1 aliphatic carbocycles. The van der Waals surface area contributed by atoms with E-state index >= 15 is 0 Å². The van der Waals surface area contributed by atoms with E-state index in [2.05, 4.69) is 15.3 Å². The second kappa shape index (κ2) is 8.25. The Kier molecular flexibility index (Phi) is 6.53. The van der Waals surface area contributed by atoms with Gasteiger partial charge in [-0.05, 0) is 32.4 Å². The maximum Gasteiger partial charge on any atom is 0.393 e. The SMILES string of the molecule is CSc1nc(C)c(CCC(=O)NC2CCCCC2C(F)(F)F)c(=O)[nH]1. The lowest BCUT2D eigenvalue weighted by Gasteiger charge is -2.33. The summed E-state index contributed by atoms with van der Waals surface area (Å²) >= 11 is 1.30. The molecule has 25 heavy (non-hydrogen) atoms. The summed E-state index contributed by atoms with van der Waals surface area (Å²) in [6.07, 6.45) is -0.819. The molecule has 0 saturated heterocycles. The van der Waals surface area contributed by atoms with E-state index in [1.807, 2.05) is 0 Å². The molecular weight excluding hydrogens is 355 g/mol. The number of carbonyl (C=O) groups excluding carboxylic acids is 1. The Morgan fingerprint density at radius 1 is 1.36 bits per heavy atom. The van der Waals surface area contributed by atoms with E-state index in [9.17, 15) is 22.8 Å². The number of aromatic nitrogens is 2. The van der Waals surface area contributed by atoms with E-state index in [1.54, 1.807) is 13.2 Å². The van der Waals surface area contributed by atoms with Crippen LogP contribution in [-0.2, 0) is 11.2 Å². The number of aryl methyl sites for hydroxylation is 1. The first-order valence-electron chi connectivity index (χ1n) is 8.22. The number of thioether (sulfide) groups is 1. The molecule has 140 valence electrons. The number of nitrogens with one attached hydrogen (secondary N) is 2. The van der Waals surface area contributed by atoms with Gasteiger partial charge < -0.3 is 10.3 Å². The number of hydrogen-bond donors (Lipinski definition) is 2. The highest BCUT2D eigenvalue weighted by Crippen LogP contribution is 2.37. The number of carbonyl (C=O) groups is 1. The summed E-state index contributed by atoms with van der Waals surface area (Å²) in [5.41, 5.74) is 0.617. The van der Waals surface area contributed by atoms with Gasteiger partial charge in [-0.2, -0.15) is 13.2 Å². The second-order valence-corrected chi connectivity index (χ2v) is 7.04. The molecule has 2 N–H and O–H groups in total. The summed E-state index contributed by atoms with van der Waals surface area (Å²) in [6.45, 7) is 1.68. The van der Waals surface area contributed by atoms with Crippen LogP contribution in [0.2, 0.25) is 0 Å². The van der Waals surface area contributed by atoms with E-state index < -0.39 is 24.0 Å². The predicted octanol–water partition coefficient (Wildman–Crippen LogP) is 2.97.